The van der Waals surface area contributed by atoms with Gasteiger partial charge in [0, 0.05) is 18.7 Å². The molecular formula is C23H27N3O. The molecule has 0 unspecified atom stereocenters. The van der Waals surface area contributed by atoms with Crippen molar-refractivity contribution in [3.8, 4) is 16.9 Å². The number of aryl methyl sites for hydroxylation is 1. The Morgan fingerprint density at radius 2 is 1.59 bits per heavy atom. The zero-order chi connectivity index (χ0) is 19.2. The topological polar surface area (TPSA) is 38.1 Å². The third kappa shape index (κ3) is 4.27. The molecular weight excluding hydrogens is 334 g/mol. The van der Waals surface area contributed by atoms with E-state index in [0.29, 0.717) is 5.69 Å². The molecule has 0 fully saturated rings. The Labute approximate surface area is 161 Å². The highest BCUT2D eigenvalue weighted by Gasteiger charge is 2.22. The van der Waals surface area contributed by atoms with Gasteiger partial charge in [-0.15, -0.1) is 0 Å². The van der Waals surface area contributed by atoms with E-state index in [9.17, 15) is 4.79 Å². The summed E-state index contributed by atoms with van der Waals surface area (Å²) in [6.45, 7) is 7.77. The van der Waals surface area contributed by atoms with Crippen LogP contribution in [-0.2, 0) is 0 Å². The molecule has 27 heavy (non-hydrogen) atoms. The van der Waals surface area contributed by atoms with Crippen LogP contribution in [0.4, 0.5) is 0 Å². The molecule has 140 valence electrons. The van der Waals surface area contributed by atoms with Crippen LogP contribution >= 0.6 is 0 Å². The van der Waals surface area contributed by atoms with E-state index in [-0.39, 0.29) is 5.91 Å². The average Bonchev–Trinajstić information content (AvgIpc) is 3.14. The Balaban J connectivity index is 2.08. The van der Waals surface area contributed by atoms with Gasteiger partial charge in [0.05, 0.1) is 11.4 Å². The molecule has 0 saturated heterocycles. The van der Waals surface area contributed by atoms with Crippen LogP contribution in [0.25, 0.3) is 16.9 Å². The first-order chi connectivity index (χ1) is 13.1. The number of rotatable bonds is 7. The van der Waals surface area contributed by atoms with Gasteiger partial charge in [-0.3, -0.25) is 4.79 Å². The summed E-state index contributed by atoms with van der Waals surface area (Å²) in [5.41, 5.74) is 4.52. The molecule has 4 nitrogen and oxygen atoms in total. The standard InChI is InChI=1S/C23H27N3O/c1-4-15-25(16-5-2)23(27)22-17-21(19-9-7-6-8-10-19)24-26(22)20-13-11-18(3)12-14-20/h6-14,17H,4-5,15-16H2,1-3H3. The van der Waals surface area contributed by atoms with Gasteiger partial charge in [0.1, 0.15) is 5.69 Å². The zero-order valence-electron chi connectivity index (χ0n) is 16.4. The Morgan fingerprint density at radius 3 is 2.19 bits per heavy atom. The number of hydrogen-bond donors (Lipinski definition) is 0. The van der Waals surface area contributed by atoms with Crippen LogP contribution in [0, 0.1) is 6.92 Å². The Bertz CT molecular complexity index is 876. The summed E-state index contributed by atoms with van der Waals surface area (Å²) in [7, 11) is 0. The number of aromatic nitrogens is 2. The van der Waals surface area contributed by atoms with Gasteiger partial charge < -0.3 is 4.90 Å². The first kappa shape index (κ1) is 18.9. The minimum atomic E-state index is 0.0361. The van der Waals surface area contributed by atoms with Gasteiger partial charge in [-0.2, -0.15) is 5.10 Å². The van der Waals surface area contributed by atoms with E-state index in [1.54, 1.807) is 4.68 Å². The number of carbonyl (C=O) groups excluding carboxylic acids is 1. The van der Waals surface area contributed by atoms with Crippen molar-refractivity contribution in [1.82, 2.24) is 14.7 Å². The Kier molecular flexibility index (Phi) is 6.07. The molecule has 0 atom stereocenters. The van der Waals surface area contributed by atoms with Crippen LogP contribution in [0.15, 0.2) is 60.7 Å². The highest BCUT2D eigenvalue weighted by Crippen LogP contribution is 2.23. The third-order valence-corrected chi connectivity index (χ3v) is 4.55. The van der Waals surface area contributed by atoms with Crippen LogP contribution in [0.3, 0.4) is 0 Å². The summed E-state index contributed by atoms with van der Waals surface area (Å²) >= 11 is 0. The van der Waals surface area contributed by atoms with Crippen molar-refractivity contribution >= 4 is 5.91 Å². The second-order valence-electron chi connectivity index (χ2n) is 6.82. The quantitative estimate of drug-likeness (QED) is 0.586. The lowest BCUT2D eigenvalue weighted by atomic mass is 10.1. The van der Waals surface area contributed by atoms with E-state index in [0.717, 1.165) is 42.9 Å². The minimum Gasteiger partial charge on any atom is -0.337 e. The van der Waals surface area contributed by atoms with Gasteiger partial charge in [0.25, 0.3) is 5.91 Å². The molecule has 4 heteroatoms. The molecule has 0 N–H and O–H groups in total. The highest BCUT2D eigenvalue weighted by atomic mass is 16.2. The van der Waals surface area contributed by atoms with Gasteiger partial charge in [-0.05, 0) is 38.0 Å². The number of benzene rings is 2. The predicted molar refractivity (Wildman–Crippen MR) is 110 cm³/mol. The fourth-order valence-corrected chi connectivity index (χ4v) is 3.18. The van der Waals surface area contributed by atoms with Gasteiger partial charge in [-0.25, -0.2) is 4.68 Å². The first-order valence-corrected chi connectivity index (χ1v) is 9.65. The normalized spacial score (nSPS) is 10.8. The lowest BCUT2D eigenvalue weighted by molar-refractivity contribution is 0.0746. The van der Waals surface area contributed by atoms with Crippen molar-refractivity contribution in [1.29, 1.82) is 0 Å². The molecule has 1 heterocycles. The summed E-state index contributed by atoms with van der Waals surface area (Å²) in [4.78, 5) is 15.2. The zero-order valence-corrected chi connectivity index (χ0v) is 16.4. The Hall–Kier alpha value is -2.88. The van der Waals surface area contributed by atoms with Gasteiger partial charge in [-0.1, -0.05) is 61.9 Å². The predicted octanol–water partition coefficient (Wildman–Crippen LogP) is 5.11. The minimum absolute atomic E-state index is 0.0361. The molecule has 3 aromatic rings. The van der Waals surface area contributed by atoms with Crippen LogP contribution < -0.4 is 0 Å². The molecule has 0 bridgehead atoms. The SMILES string of the molecule is CCCN(CCC)C(=O)c1cc(-c2ccccc2)nn1-c1ccc(C)cc1. The van der Waals surface area contributed by atoms with Crippen molar-refractivity contribution in [3.05, 3.63) is 71.9 Å². The van der Waals surface area contributed by atoms with Crippen molar-refractivity contribution in [3.63, 3.8) is 0 Å². The van der Waals surface area contributed by atoms with Crippen LogP contribution in [-0.4, -0.2) is 33.7 Å². The summed E-state index contributed by atoms with van der Waals surface area (Å²) in [5, 5.41) is 4.77. The largest absolute Gasteiger partial charge is 0.337 e. The third-order valence-electron chi connectivity index (χ3n) is 4.55. The maximum Gasteiger partial charge on any atom is 0.272 e. The molecule has 0 spiro atoms. The lowest BCUT2D eigenvalue weighted by Gasteiger charge is -2.21. The fourth-order valence-electron chi connectivity index (χ4n) is 3.18. The molecule has 1 amide bonds. The molecule has 1 aromatic heterocycles. The van der Waals surface area contributed by atoms with Gasteiger partial charge in [0.2, 0.25) is 0 Å². The van der Waals surface area contributed by atoms with E-state index in [1.807, 2.05) is 65.6 Å². The molecule has 0 aliphatic rings. The molecule has 0 aliphatic heterocycles. The van der Waals surface area contributed by atoms with Gasteiger partial charge >= 0.3 is 0 Å². The molecule has 0 saturated carbocycles. The van der Waals surface area contributed by atoms with E-state index >= 15 is 0 Å². The Morgan fingerprint density at radius 1 is 0.963 bits per heavy atom. The summed E-state index contributed by atoms with van der Waals surface area (Å²) in [6.07, 6.45) is 1.88. The van der Waals surface area contributed by atoms with Crippen LogP contribution in [0.1, 0.15) is 42.7 Å². The highest BCUT2D eigenvalue weighted by molar-refractivity contribution is 5.94. The van der Waals surface area contributed by atoms with Crippen molar-refractivity contribution in [2.45, 2.75) is 33.6 Å². The summed E-state index contributed by atoms with van der Waals surface area (Å²) in [5.74, 6) is 0.0361. The monoisotopic (exact) mass is 361 g/mol. The fraction of sp³-hybridized carbons (Fsp3) is 0.304. The van der Waals surface area contributed by atoms with Crippen molar-refractivity contribution in [2.24, 2.45) is 0 Å². The maximum absolute atomic E-state index is 13.3. The van der Waals surface area contributed by atoms with E-state index < -0.39 is 0 Å². The average molecular weight is 361 g/mol. The van der Waals surface area contributed by atoms with Crippen LogP contribution in [0.5, 0.6) is 0 Å². The van der Waals surface area contributed by atoms with E-state index in [4.69, 9.17) is 5.10 Å². The molecule has 0 aliphatic carbocycles. The molecule has 2 aromatic carbocycles. The van der Waals surface area contributed by atoms with E-state index in [1.165, 1.54) is 5.56 Å². The number of carbonyl (C=O) groups is 1. The first-order valence-electron chi connectivity index (χ1n) is 9.65. The van der Waals surface area contributed by atoms with Crippen LogP contribution in [0.2, 0.25) is 0 Å². The second-order valence-corrected chi connectivity index (χ2v) is 6.82. The smallest absolute Gasteiger partial charge is 0.272 e. The van der Waals surface area contributed by atoms with Gasteiger partial charge in [0.15, 0.2) is 0 Å². The van der Waals surface area contributed by atoms with E-state index in [2.05, 4.69) is 20.8 Å². The number of hydrogen-bond acceptors (Lipinski definition) is 2. The number of nitrogens with zero attached hydrogens (tertiary/aromatic N) is 3. The second kappa shape index (κ2) is 8.67. The summed E-state index contributed by atoms with van der Waals surface area (Å²) in [6, 6.07) is 20.0. The molecule has 0 radical (unpaired) electrons. The molecule has 3 rings (SSSR count). The number of amides is 1. The van der Waals surface area contributed by atoms with Crippen molar-refractivity contribution in [2.75, 3.05) is 13.1 Å². The van der Waals surface area contributed by atoms with Crippen molar-refractivity contribution < 1.29 is 4.79 Å². The summed E-state index contributed by atoms with van der Waals surface area (Å²) < 4.78 is 1.78. The maximum atomic E-state index is 13.3. The lowest BCUT2D eigenvalue weighted by Crippen LogP contribution is -2.33.